The third kappa shape index (κ3) is 4.47. The minimum absolute atomic E-state index is 0.0106. The van der Waals surface area contributed by atoms with E-state index in [-0.39, 0.29) is 17.7 Å². The predicted octanol–water partition coefficient (Wildman–Crippen LogP) is 4.21. The lowest BCUT2D eigenvalue weighted by Gasteiger charge is -2.38. The summed E-state index contributed by atoms with van der Waals surface area (Å²) in [6.45, 7) is 5.30. The highest BCUT2D eigenvalue weighted by atomic mass is 16.3. The van der Waals surface area contributed by atoms with Crippen LogP contribution in [0.5, 0.6) is 5.75 Å². The first-order valence-electron chi connectivity index (χ1n) is 10.3. The third-order valence-corrected chi connectivity index (χ3v) is 5.73. The van der Waals surface area contributed by atoms with Crippen LogP contribution in [-0.4, -0.2) is 48.1 Å². The fourth-order valence-electron chi connectivity index (χ4n) is 3.90. The standard InChI is InChI=1S/C25H27N3O2/c1-19(27-15-17-28(18-16-27)21-11-13-22(29)14-12-21)25(30)26-24-10-6-5-9-23(24)20-7-3-2-4-8-20/h2-14,19,29H,15-18H2,1H3,(H,26,30). The third-order valence-electron chi connectivity index (χ3n) is 5.73. The zero-order valence-electron chi connectivity index (χ0n) is 17.2. The zero-order chi connectivity index (χ0) is 20.9. The Labute approximate surface area is 177 Å². The average molecular weight is 402 g/mol. The van der Waals surface area contributed by atoms with Crippen LogP contribution in [0, 0.1) is 0 Å². The second kappa shape index (κ2) is 9.01. The number of carbonyl (C=O) groups is 1. The zero-order valence-corrected chi connectivity index (χ0v) is 17.2. The number of piperazine rings is 1. The first kappa shape index (κ1) is 20.0. The molecule has 1 saturated heterocycles. The molecule has 5 nitrogen and oxygen atoms in total. The molecule has 0 aliphatic carbocycles. The second-order valence-electron chi connectivity index (χ2n) is 7.62. The molecular formula is C25H27N3O2. The SMILES string of the molecule is CC(C(=O)Nc1ccccc1-c1ccccc1)N1CCN(c2ccc(O)cc2)CC1. The molecule has 1 amide bonds. The molecule has 1 unspecified atom stereocenters. The topological polar surface area (TPSA) is 55.8 Å². The number of hydrogen-bond donors (Lipinski definition) is 2. The smallest absolute Gasteiger partial charge is 0.241 e. The molecule has 0 bridgehead atoms. The van der Waals surface area contributed by atoms with Gasteiger partial charge < -0.3 is 15.3 Å². The Balaban J connectivity index is 1.39. The number of hydrogen-bond acceptors (Lipinski definition) is 4. The number of carbonyl (C=O) groups excluding carboxylic acids is 1. The average Bonchev–Trinajstić information content (AvgIpc) is 2.80. The van der Waals surface area contributed by atoms with Crippen molar-refractivity contribution in [2.45, 2.75) is 13.0 Å². The van der Waals surface area contributed by atoms with E-state index in [0.29, 0.717) is 0 Å². The van der Waals surface area contributed by atoms with Gasteiger partial charge in [-0.1, -0.05) is 48.5 Å². The highest BCUT2D eigenvalue weighted by Crippen LogP contribution is 2.28. The van der Waals surface area contributed by atoms with E-state index < -0.39 is 0 Å². The highest BCUT2D eigenvalue weighted by Gasteiger charge is 2.26. The van der Waals surface area contributed by atoms with Gasteiger partial charge in [0.2, 0.25) is 5.91 Å². The monoisotopic (exact) mass is 401 g/mol. The van der Waals surface area contributed by atoms with E-state index in [0.717, 1.165) is 48.7 Å². The van der Waals surface area contributed by atoms with Crippen LogP contribution in [0.4, 0.5) is 11.4 Å². The van der Waals surface area contributed by atoms with Crippen molar-refractivity contribution in [3.05, 3.63) is 78.9 Å². The Bertz CT molecular complexity index is 981. The molecule has 1 atom stereocenters. The quantitative estimate of drug-likeness (QED) is 0.673. The van der Waals surface area contributed by atoms with Crippen molar-refractivity contribution in [1.82, 2.24) is 4.90 Å². The molecule has 0 radical (unpaired) electrons. The fourth-order valence-corrected chi connectivity index (χ4v) is 3.90. The lowest BCUT2D eigenvalue weighted by molar-refractivity contribution is -0.120. The van der Waals surface area contributed by atoms with E-state index in [1.165, 1.54) is 0 Å². The number of aromatic hydroxyl groups is 1. The number of nitrogens with one attached hydrogen (secondary N) is 1. The van der Waals surface area contributed by atoms with E-state index in [9.17, 15) is 9.90 Å². The number of benzene rings is 3. The lowest BCUT2D eigenvalue weighted by atomic mass is 10.0. The van der Waals surface area contributed by atoms with Gasteiger partial charge in [-0.05, 0) is 42.8 Å². The summed E-state index contributed by atoms with van der Waals surface area (Å²) in [7, 11) is 0. The number of rotatable bonds is 5. The Kier molecular flexibility index (Phi) is 6.00. The summed E-state index contributed by atoms with van der Waals surface area (Å²) >= 11 is 0. The molecule has 154 valence electrons. The molecule has 0 aromatic heterocycles. The van der Waals surface area contributed by atoms with Crippen molar-refractivity contribution < 1.29 is 9.90 Å². The molecule has 0 saturated carbocycles. The van der Waals surface area contributed by atoms with Gasteiger partial charge in [0.15, 0.2) is 0 Å². The molecule has 1 fully saturated rings. The molecule has 2 N–H and O–H groups in total. The van der Waals surface area contributed by atoms with Crippen LogP contribution in [0.2, 0.25) is 0 Å². The van der Waals surface area contributed by atoms with Crippen molar-refractivity contribution in [3.63, 3.8) is 0 Å². The van der Waals surface area contributed by atoms with E-state index in [4.69, 9.17) is 0 Å². The molecule has 5 heteroatoms. The first-order chi connectivity index (χ1) is 14.6. The Morgan fingerprint density at radius 3 is 2.20 bits per heavy atom. The van der Waals surface area contributed by atoms with Gasteiger partial charge in [-0.25, -0.2) is 0 Å². The predicted molar refractivity (Wildman–Crippen MR) is 122 cm³/mol. The molecule has 0 spiro atoms. The number of para-hydroxylation sites is 1. The number of amides is 1. The summed E-state index contributed by atoms with van der Waals surface area (Å²) < 4.78 is 0. The van der Waals surface area contributed by atoms with E-state index in [1.54, 1.807) is 12.1 Å². The van der Waals surface area contributed by atoms with Crippen LogP contribution in [0.3, 0.4) is 0 Å². The Morgan fingerprint density at radius 1 is 0.867 bits per heavy atom. The van der Waals surface area contributed by atoms with Gasteiger partial charge in [0.05, 0.1) is 6.04 Å². The van der Waals surface area contributed by atoms with Gasteiger partial charge in [0, 0.05) is 43.1 Å². The minimum Gasteiger partial charge on any atom is -0.508 e. The van der Waals surface area contributed by atoms with Crippen LogP contribution < -0.4 is 10.2 Å². The molecule has 1 aliphatic rings. The maximum Gasteiger partial charge on any atom is 0.241 e. The van der Waals surface area contributed by atoms with Gasteiger partial charge in [-0.15, -0.1) is 0 Å². The summed E-state index contributed by atoms with van der Waals surface area (Å²) in [6.07, 6.45) is 0. The molecule has 3 aromatic rings. The molecule has 1 aliphatic heterocycles. The van der Waals surface area contributed by atoms with Gasteiger partial charge >= 0.3 is 0 Å². The van der Waals surface area contributed by atoms with Crippen molar-refractivity contribution in [1.29, 1.82) is 0 Å². The highest BCUT2D eigenvalue weighted by molar-refractivity contribution is 5.98. The van der Waals surface area contributed by atoms with Crippen molar-refractivity contribution >= 4 is 17.3 Å². The summed E-state index contributed by atoms with van der Waals surface area (Å²) in [5.74, 6) is 0.287. The van der Waals surface area contributed by atoms with Gasteiger partial charge in [0.25, 0.3) is 0 Å². The molecule has 4 rings (SSSR count). The summed E-state index contributed by atoms with van der Waals surface area (Å²) in [6, 6.07) is 25.1. The number of phenolic OH excluding ortho intramolecular Hbond substituents is 1. The number of anilines is 2. The largest absolute Gasteiger partial charge is 0.508 e. The van der Waals surface area contributed by atoms with Crippen molar-refractivity contribution in [3.8, 4) is 16.9 Å². The van der Waals surface area contributed by atoms with Crippen LogP contribution in [0.15, 0.2) is 78.9 Å². The maximum absolute atomic E-state index is 13.0. The van der Waals surface area contributed by atoms with E-state index in [1.807, 2.05) is 61.5 Å². The maximum atomic E-state index is 13.0. The van der Waals surface area contributed by atoms with Crippen molar-refractivity contribution in [2.24, 2.45) is 0 Å². The number of nitrogens with zero attached hydrogens (tertiary/aromatic N) is 2. The van der Waals surface area contributed by atoms with Crippen LogP contribution in [0.1, 0.15) is 6.92 Å². The number of phenols is 1. The first-order valence-corrected chi connectivity index (χ1v) is 10.3. The van der Waals surface area contributed by atoms with E-state index >= 15 is 0 Å². The Morgan fingerprint density at radius 2 is 1.50 bits per heavy atom. The van der Waals surface area contributed by atoms with Crippen LogP contribution >= 0.6 is 0 Å². The fraction of sp³-hybridized carbons (Fsp3) is 0.240. The molecule has 30 heavy (non-hydrogen) atoms. The lowest BCUT2D eigenvalue weighted by Crippen LogP contribution is -2.52. The molecule has 3 aromatic carbocycles. The van der Waals surface area contributed by atoms with Gasteiger partial charge in [-0.3, -0.25) is 9.69 Å². The van der Waals surface area contributed by atoms with Crippen LogP contribution in [0.25, 0.3) is 11.1 Å². The minimum atomic E-state index is -0.212. The van der Waals surface area contributed by atoms with E-state index in [2.05, 4.69) is 27.2 Å². The van der Waals surface area contributed by atoms with Gasteiger partial charge in [0.1, 0.15) is 5.75 Å². The Hall–Kier alpha value is -3.31. The van der Waals surface area contributed by atoms with Gasteiger partial charge in [-0.2, -0.15) is 0 Å². The van der Waals surface area contributed by atoms with Crippen molar-refractivity contribution in [2.75, 3.05) is 36.4 Å². The summed E-state index contributed by atoms with van der Waals surface area (Å²) in [5.41, 5.74) is 4.05. The van der Waals surface area contributed by atoms with Crippen LogP contribution in [-0.2, 0) is 4.79 Å². The summed E-state index contributed by atoms with van der Waals surface area (Å²) in [5, 5.41) is 12.6. The molecule has 1 heterocycles. The summed E-state index contributed by atoms with van der Waals surface area (Å²) in [4.78, 5) is 17.5. The normalized spacial score (nSPS) is 15.6. The second-order valence-corrected chi connectivity index (χ2v) is 7.62. The molecular weight excluding hydrogens is 374 g/mol.